The Bertz CT molecular complexity index is 777. The first-order chi connectivity index (χ1) is 14.9. The average Bonchev–Trinajstić information content (AvgIpc) is 3.25. The molecule has 2 amide bonds. The SMILES string of the molecule is C=CCN(C(=O)C1N(CCCCCCO)C(=O)[C@@H]2[C@@H](C(=O)O)[C@@]3(C)CCC12O3)C(C)(C)C. The molecule has 3 fully saturated rings. The standard InChI is InChI=1S/C24H38N2O6/c1-6-13-26(22(2,3)4)20(29)18-24-12-11-23(5,32-24)17(21(30)31)16(24)19(28)25(18)14-9-7-8-10-15-27/h6,16-18,27H,1,7-15H2,2-5H3,(H,30,31)/t16-,17-,18?,23+,24?/m0/s1. The Labute approximate surface area is 190 Å². The Kier molecular flexibility index (Phi) is 6.78. The number of carboxylic acids is 1. The van der Waals surface area contributed by atoms with Crippen molar-refractivity contribution in [3.63, 3.8) is 0 Å². The highest BCUT2D eigenvalue weighted by atomic mass is 16.5. The van der Waals surface area contributed by atoms with E-state index in [2.05, 4.69) is 6.58 Å². The zero-order chi connectivity index (χ0) is 23.9. The summed E-state index contributed by atoms with van der Waals surface area (Å²) in [5.41, 5.74) is -2.55. The second kappa shape index (κ2) is 8.78. The van der Waals surface area contributed by atoms with Gasteiger partial charge in [0.2, 0.25) is 11.8 Å². The summed E-state index contributed by atoms with van der Waals surface area (Å²) in [5, 5.41) is 19.0. The maximum atomic E-state index is 14.0. The molecule has 0 aromatic rings. The fourth-order valence-electron chi connectivity index (χ4n) is 6.04. The zero-order valence-electron chi connectivity index (χ0n) is 19.8. The van der Waals surface area contributed by atoms with E-state index in [0.29, 0.717) is 38.8 Å². The topological polar surface area (TPSA) is 107 Å². The highest BCUT2D eigenvalue weighted by Gasteiger charge is 2.78. The van der Waals surface area contributed by atoms with Gasteiger partial charge >= 0.3 is 5.97 Å². The Morgan fingerprint density at radius 2 is 1.91 bits per heavy atom. The fourth-order valence-corrected chi connectivity index (χ4v) is 6.04. The summed E-state index contributed by atoms with van der Waals surface area (Å²) in [6.45, 7) is 12.2. The Balaban J connectivity index is 1.99. The number of aliphatic hydroxyl groups excluding tert-OH is 1. The molecule has 3 saturated heterocycles. The predicted octanol–water partition coefficient (Wildman–Crippen LogP) is 2.20. The Morgan fingerprint density at radius 3 is 2.47 bits per heavy atom. The van der Waals surface area contributed by atoms with Crippen molar-refractivity contribution < 1.29 is 29.3 Å². The quantitative estimate of drug-likeness (QED) is 0.390. The summed E-state index contributed by atoms with van der Waals surface area (Å²) in [6.07, 6.45) is 5.71. The van der Waals surface area contributed by atoms with Gasteiger partial charge in [-0.05, 0) is 53.4 Å². The summed E-state index contributed by atoms with van der Waals surface area (Å²) < 4.78 is 6.42. The lowest BCUT2D eigenvalue weighted by Crippen LogP contribution is -2.60. The molecule has 2 bridgehead atoms. The van der Waals surface area contributed by atoms with Crippen molar-refractivity contribution >= 4 is 17.8 Å². The van der Waals surface area contributed by atoms with Crippen molar-refractivity contribution in [1.29, 1.82) is 0 Å². The van der Waals surface area contributed by atoms with Crippen LogP contribution in [-0.4, -0.2) is 80.3 Å². The third-order valence-electron chi connectivity index (χ3n) is 7.47. The van der Waals surface area contributed by atoms with E-state index in [9.17, 15) is 19.5 Å². The van der Waals surface area contributed by atoms with Crippen molar-refractivity contribution in [2.24, 2.45) is 11.8 Å². The number of carboxylic acid groups (broad SMARTS) is 1. The first-order valence-corrected chi connectivity index (χ1v) is 11.7. The van der Waals surface area contributed by atoms with Gasteiger partial charge in [-0.15, -0.1) is 6.58 Å². The minimum atomic E-state index is -1.11. The van der Waals surface area contributed by atoms with E-state index >= 15 is 0 Å². The maximum Gasteiger partial charge on any atom is 0.310 e. The number of carbonyl (C=O) groups excluding carboxylic acids is 2. The molecule has 1 spiro atoms. The lowest BCUT2D eigenvalue weighted by Gasteiger charge is -2.42. The smallest absolute Gasteiger partial charge is 0.310 e. The molecule has 180 valence electrons. The van der Waals surface area contributed by atoms with Gasteiger partial charge in [0.05, 0.1) is 17.4 Å². The van der Waals surface area contributed by atoms with Gasteiger partial charge in [0.1, 0.15) is 11.6 Å². The van der Waals surface area contributed by atoms with Gasteiger partial charge in [0.15, 0.2) is 0 Å². The van der Waals surface area contributed by atoms with Crippen LogP contribution in [0.1, 0.15) is 66.2 Å². The van der Waals surface area contributed by atoms with Gasteiger partial charge in [0, 0.05) is 25.2 Å². The number of amides is 2. The molecule has 3 heterocycles. The van der Waals surface area contributed by atoms with Gasteiger partial charge in [-0.2, -0.15) is 0 Å². The number of aliphatic hydroxyl groups is 1. The van der Waals surface area contributed by atoms with E-state index in [1.54, 1.807) is 22.8 Å². The Morgan fingerprint density at radius 1 is 1.25 bits per heavy atom. The largest absolute Gasteiger partial charge is 0.481 e. The molecule has 3 aliphatic rings. The van der Waals surface area contributed by atoms with Crippen molar-refractivity contribution in [2.45, 2.75) is 89.0 Å². The monoisotopic (exact) mass is 450 g/mol. The number of carbonyl (C=O) groups is 3. The highest BCUT2D eigenvalue weighted by molar-refractivity contribution is 5.98. The molecular weight excluding hydrogens is 412 g/mol. The summed E-state index contributed by atoms with van der Waals surface area (Å²) in [7, 11) is 0. The molecule has 0 aliphatic carbocycles. The van der Waals surface area contributed by atoms with Gasteiger partial charge < -0.3 is 24.7 Å². The van der Waals surface area contributed by atoms with E-state index in [-0.39, 0.29) is 18.4 Å². The van der Waals surface area contributed by atoms with E-state index in [4.69, 9.17) is 9.84 Å². The Hall–Kier alpha value is -1.93. The predicted molar refractivity (Wildman–Crippen MR) is 119 cm³/mol. The molecule has 2 N–H and O–H groups in total. The van der Waals surface area contributed by atoms with Gasteiger partial charge in [-0.3, -0.25) is 14.4 Å². The maximum absolute atomic E-state index is 14.0. The number of nitrogens with zero attached hydrogens (tertiary/aromatic N) is 2. The summed E-state index contributed by atoms with van der Waals surface area (Å²) >= 11 is 0. The van der Waals surface area contributed by atoms with Gasteiger partial charge in [0.25, 0.3) is 0 Å². The number of unbranched alkanes of at least 4 members (excludes halogenated alkanes) is 3. The molecule has 8 nitrogen and oxygen atoms in total. The highest BCUT2D eigenvalue weighted by Crippen LogP contribution is 2.63. The third-order valence-corrected chi connectivity index (χ3v) is 7.47. The zero-order valence-corrected chi connectivity index (χ0v) is 19.8. The molecule has 8 heteroatoms. The van der Waals surface area contributed by atoms with E-state index in [1.165, 1.54) is 0 Å². The first kappa shape index (κ1) is 24.7. The molecule has 32 heavy (non-hydrogen) atoms. The van der Waals surface area contributed by atoms with Crippen LogP contribution in [0, 0.1) is 11.8 Å². The molecule has 3 aliphatic heterocycles. The van der Waals surface area contributed by atoms with Gasteiger partial charge in [-0.1, -0.05) is 18.9 Å². The molecule has 0 aromatic heterocycles. The van der Waals surface area contributed by atoms with Crippen LogP contribution in [-0.2, 0) is 19.1 Å². The molecular formula is C24H38N2O6. The van der Waals surface area contributed by atoms with Crippen LogP contribution in [0.3, 0.4) is 0 Å². The van der Waals surface area contributed by atoms with Crippen molar-refractivity contribution in [3.05, 3.63) is 12.7 Å². The molecule has 2 unspecified atom stereocenters. The average molecular weight is 451 g/mol. The van der Waals surface area contributed by atoms with Crippen LogP contribution < -0.4 is 0 Å². The number of aliphatic carboxylic acids is 1. The fraction of sp³-hybridized carbons (Fsp3) is 0.792. The van der Waals surface area contributed by atoms with E-state index in [1.807, 2.05) is 20.8 Å². The minimum absolute atomic E-state index is 0.129. The second-order valence-corrected chi connectivity index (χ2v) is 10.6. The summed E-state index contributed by atoms with van der Waals surface area (Å²) in [4.78, 5) is 43.2. The normalized spacial score (nSPS) is 33.5. The minimum Gasteiger partial charge on any atom is -0.481 e. The van der Waals surface area contributed by atoms with E-state index in [0.717, 1.165) is 12.8 Å². The third kappa shape index (κ3) is 3.85. The summed E-state index contributed by atoms with van der Waals surface area (Å²) in [5.74, 6) is -3.34. The van der Waals surface area contributed by atoms with Crippen LogP contribution >= 0.6 is 0 Å². The van der Waals surface area contributed by atoms with Gasteiger partial charge in [-0.25, -0.2) is 0 Å². The van der Waals surface area contributed by atoms with Crippen LogP contribution in [0.5, 0.6) is 0 Å². The lowest BCUT2D eigenvalue weighted by molar-refractivity contribution is -0.157. The van der Waals surface area contributed by atoms with Crippen LogP contribution in [0.2, 0.25) is 0 Å². The number of hydrogen-bond acceptors (Lipinski definition) is 5. The first-order valence-electron chi connectivity index (χ1n) is 11.7. The van der Waals surface area contributed by atoms with Crippen molar-refractivity contribution in [1.82, 2.24) is 9.80 Å². The number of likely N-dealkylation sites (tertiary alicyclic amines) is 1. The van der Waals surface area contributed by atoms with Crippen LogP contribution in [0.4, 0.5) is 0 Å². The molecule has 0 aromatic carbocycles. The second-order valence-electron chi connectivity index (χ2n) is 10.6. The lowest BCUT2D eigenvalue weighted by atomic mass is 9.66. The van der Waals surface area contributed by atoms with Crippen LogP contribution in [0.25, 0.3) is 0 Å². The van der Waals surface area contributed by atoms with Crippen molar-refractivity contribution in [3.8, 4) is 0 Å². The number of hydrogen-bond donors (Lipinski definition) is 2. The molecule has 5 atom stereocenters. The number of fused-ring (bicyclic) bond motifs is 1. The van der Waals surface area contributed by atoms with Crippen molar-refractivity contribution in [2.75, 3.05) is 19.7 Å². The number of ether oxygens (including phenoxy) is 1. The molecule has 3 rings (SSSR count). The summed E-state index contributed by atoms with van der Waals surface area (Å²) in [6, 6.07) is -0.844. The molecule has 0 saturated carbocycles. The molecule has 0 radical (unpaired) electrons. The number of rotatable bonds is 10. The van der Waals surface area contributed by atoms with Crippen LogP contribution in [0.15, 0.2) is 12.7 Å². The van der Waals surface area contributed by atoms with E-state index < -0.39 is 40.6 Å².